The molecule has 1 aromatic carbocycles. The molecular formula is C13H17N3O3. The van der Waals surface area contributed by atoms with E-state index in [4.69, 9.17) is 0 Å². The standard InChI is InChI=1S/C13H17N3O3/c1-9-2-3-11(6-12(9)16(18)19)13(17)15-8-10-4-5-14-7-10/h2-3,6,10,14H,4-5,7-8H2,1H3,(H,15,17). The summed E-state index contributed by atoms with van der Waals surface area (Å²) in [4.78, 5) is 22.3. The van der Waals surface area contributed by atoms with Crippen LogP contribution in [0.4, 0.5) is 5.69 Å². The van der Waals surface area contributed by atoms with Crippen LogP contribution in [0.1, 0.15) is 22.3 Å². The smallest absolute Gasteiger partial charge is 0.273 e. The molecule has 1 aliphatic heterocycles. The molecule has 0 saturated carbocycles. The monoisotopic (exact) mass is 263 g/mol. The van der Waals surface area contributed by atoms with Crippen LogP contribution in [0.2, 0.25) is 0 Å². The Morgan fingerprint density at radius 3 is 3.00 bits per heavy atom. The summed E-state index contributed by atoms with van der Waals surface area (Å²) < 4.78 is 0. The summed E-state index contributed by atoms with van der Waals surface area (Å²) >= 11 is 0. The number of nitrogens with one attached hydrogen (secondary N) is 2. The zero-order valence-electron chi connectivity index (χ0n) is 10.8. The summed E-state index contributed by atoms with van der Waals surface area (Å²) in [5, 5.41) is 16.9. The van der Waals surface area contributed by atoms with Gasteiger partial charge >= 0.3 is 0 Å². The molecule has 0 aliphatic carbocycles. The van der Waals surface area contributed by atoms with Crippen LogP contribution >= 0.6 is 0 Å². The van der Waals surface area contributed by atoms with Crippen LogP contribution in [-0.4, -0.2) is 30.5 Å². The summed E-state index contributed by atoms with van der Waals surface area (Å²) in [5.41, 5.74) is 0.875. The second-order valence-electron chi connectivity index (χ2n) is 4.83. The van der Waals surface area contributed by atoms with E-state index in [-0.39, 0.29) is 11.6 Å². The minimum absolute atomic E-state index is 0.0183. The summed E-state index contributed by atoms with van der Waals surface area (Å²) in [6.45, 7) is 4.16. The Labute approximate surface area is 111 Å². The van der Waals surface area contributed by atoms with E-state index in [1.165, 1.54) is 6.07 Å². The molecule has 1 aromatic rings. The lowest BCUT2D eigenvalue weighted by Crippen LogP contribution is -2.30. The first-order valence-electron chi connectivity index (χ1n) is 6.32. The summed E-state index contributed by atoms with van der Waals surface area (Å²) in [5.74, 6) is 0.194. The van der Waals surface area contributed by atoms with Gasteiger partial charge in [0, 0.05) is 23.7 Å². The fourth-order valence-corrected chi connectivity index (χ4v) is 2.18. The zero-order chi connectivity index (χ0) is 13.8. The van der Waals surface area contributed by atoms with Crippen molar-refractivity contribution < 1.29 is 9.72 Å². The lowest BCUT2D eigenvalue weighted by Gasteiger charge is -2.10. The van der Waals surface area contributed by atoms with E-state index in [0.717, 1.165) is 19.5 Å². The number of benzene rings is 1. The van der Waals surface area contributed by atoms with Crippen LogP contribution in [0.5, 0.6) is 0 Å². The predicted octanol–water partition coefficient (Wildman–Crippen LogP) is 1.24. The maximum absolute atomic E-state index is 11.9. The van der Waals surface area contributed by atoms with E-state index in [2.05, 4.69) is 10.6 Å². The van der Waals surface area contributed by atoms with E-state index >= 15 is 0 Å². The number of amides is 1. The highest BCUT2D eigenvalue weighted by atomic mass is 16.6. The van der Waals surface area contributed by atoms with Crippen LogP contribution in [0.25, 0.3) is 0 Å². The molecule has 1 atom stereocenters. The van der Waals surface area contributed by atoms with Crippen molar-refractivity contribution in [3.63, 3.8) is 0 Å². The van der Waals surface area contributed by atoms with Gasteiger partial charge in [-0.2, -0.15) is 0 Å². The van der Waals surface area contributed by atoms with Crippen molar-refractivity contribution in [2.45, 2.75) is 13.3 Å². The normalized spacial score (nSPS) is 18.3. The molecule has 2 N–H and O–H groups in total. The molecule has 1 fully saturated rings. The van der Waals surface area contributed by atoms with Crippen molar-refractivity contribution in [3.05, 3.63) is 39.4 Å². The van der Waals surface area contributed by atoms with Gasteiger partial charge in [-0.3, -0.25) is 14.9 Å². The third kappa shape index (κ3) is 3.29. The van der Waals surface area contributed by atoms with Crippen molar-refractivity contribution in [2.75, 3.05) is 19.6 Å². The SMILES string of the molecule is Cc1ccc(C(=O)NCC2CCNC2)cc1[N+](=O)[O-]. The molecular weight excluding hydrogens is 246 g/mol. The van der Waals surface area contributed by atoms with Gasteiger partial charge in [0.15, 0.2) is 0 Å². The van der Waals surface area contributed by atoms with E-state index in [1.54, 1.807) is 19.1 Å². The topological polar surface area (TPSA) is 84.3 Å². The highest BCUT2D eigenvalue weighted by Gasteiger charge is 2.18. The first kappa shape index (κ1) is 13.5. The Hall–Kier alpha value is -1.95. The van der Waals surface area contributed by atoms with E-state index < -0.39 is 4.92 Å². The van der Waals surface area contributed by atoms with E-state index in [1.807, 2.05) is 0 Å². The van der Waals surface area contributed by atoms with Gasteiger partial charge in [-0.15, -0.1) is 0 Å². The number of hydrogen-bond donors (Lipinski definition) is 2. The molecule has 19 heavy (non-hydrogen) atoms. The average Bonchev–Trinajstić information content (AvgIpc) is 2.89. The molecule has 0 bridgehead atoms. The highest BCUT2D eigenvalue weighted by molar-refractivity contribution is 5.94. The Bertz CT molecular complexity index is 496. The van der Waals surface area contributed by atoms with Crippen molar-refractivity contribution >= 4 is 11.6 Å². The maximum Gasteiger partial charge on any atom is 0.273 e. The molecule has 0 spiro atoms. The fraction of sp³-hybridized carbons (Fsp3) is 0.462. The number of carbonyl (C=O) groups excluding carboxylic acids is 1. The zero-order valence-corrected chi connectivity index (χ0v) is 10.8. The molecule has 102 valence electrons. The first-order valence-corrected chi connectivity index (χ1v) is 6.32. The second kappa shape index (κ2) is 5.79. The number of nitrogens with zero attached hydrogens (tertiary/aromatic N) is 1. The summed E-state index contributed by atoms with van der Waals surface area (Å²) in [6, 6.07) is 4.55. The van der Waals surface area contributed by atoms with Crippen LogP contribution in [0.15, 0.2) is 18.2 Å². The Morgan fingerprint density at radius 1 is 1.58 bits per heavy atom. The summed E-state index contributed by atoms with van der Waals surface area (Å²) in [7, 11) is 0. The Balaban J connectivity index is 2.02. The second-order valence-corrected chi connectivity index (χ2v) is 4.83. The molecule has 6 heteroatoms. The molecule has 1 aliphatic rings. The lowest BCUT2D eigenvalue weighted by atomic mass is 10.1. The van der Waals surface area contributed by atoms with Crippen LogP contribution in [0, 0.1) is 23.0 Å². The van der Waals surface area contributed by atoms with Crippen LogP contribution < -0.4 is 10.6 Å². The van der Waals surface area contributed by atoms with Gasteiger partial charge in [0.2, 0.25) is 0 Å². The molecule has 0 radical (unpaired) electrons. The molecule has 1 unspecified atom stereocenters. The largest absolute Gasteiger partial charge is 0.352 e. The molecule has 6 nitrogen and oxygen atoms in total. The highest BCUT2D eigenvalue weighted by Crippen LogP contribution is 2.19. The van der Waals surface area contributed by atoms with Gasteiger partial charge in [0.1, 0.15) is 0 Å². The number of nitro groups is 1. The lowest BCUT2D eigenvalue weighted by molar-refractivity contribution is -0.385. The Morgan fingerprint density at radius 2 is 2.37 bits per heavy atom. The van der Waals surface area contributed by atoms with Gasteiger partial charge in [-0.05, 0) is 38.4 Å². The minimum atomic E-state index is -0.465. The Kier molecular flexibility index (Phi) is 4.11. The predicted molar refractivity (Wildman–Crippen MR) is 71.1 cm³/mol. The average molecular weight is 263 g/mol. The van der Waals surface area contributed by atoms with Crippen LogP contribution in [0.3, 0.4) is 0 Å². The number of hydrogen-bond acceptors (Lipinski definition) is 4. The first-order chi connectivity index (χ1) is 9.08. The molecule has 1 heterocycles. The van der Waals surface area contributed by atoms with Crippen LogP contribution in [-0.2, 0) is 0 Å². The van der Waals surface area contributed by atoms with Gasteiger partial charge in [0.25, 0.3) is 11.6 Å². The fourth-order valence-electron chi connectivity index (χ4n) is 2.18. The van der Waals surface area contributed by atoms with Crippen molar-refractivity contribution in [3.8, 4) is 0 Å². The number of nitro benzene ring substituents is 1. The minimum Gasteiger partial charge on any atom is -0.352 e. The van der Waals surface area contributed by atoms with Gasteiger partial charge in [-0.1, -0.05) is 6.07 Å². The number of carbonyl (C=O) groups is 1. The third-order valence-corrected chi connectivity index (χ3v) is 3.38. The van der Waals surface area contributed by atoms with Crippen molar-refractivity contribution in [1.29, 1.82) is 0 Å². The molecule has 1 saturated heterocycles. The molecule has 0 aromatic heterocycles. The molecule has 1 amide bonds. The number of aryl methyl sites for hydroxylation is 1. The molecule has 2 rings (SSSR count). The van der Waals surface area contributed by atoms with E-state index in [0.29, 0.717) is 23.6 Å². The summed E-state index contributed by atoms with van der Waals surface area (Å²) in [6.07, 6.45) is 1.05. The van der Waals surface area contributed by atoms with Gasteiger partial charge < -0.3 is 10.6 Å². The van der Waals surface area contributed by atoms with E-state index in [9.17, 15) is 14.9 Å². The third-order valence-electron chi connectivity index (χ3n) is 3.38. The number of rotatable bonds is 4. The van der Waals surface area contributed by atoms with Crippen molar-refractivity contribution in [1.82, 2.24) is 10.6 Å². The maximum atomic E-state index is 11.9. The quantitative estimate of drug-likeness (QED) is 0.632. The van der Waals surface area contributed by atoms with Gasteiger partial charge in [-0.25, -0.2) is 0 Å². The van der Waals surface area contributed by atoms with Gasteiger partial charge in [0.05, 0.1) is 4.92 Å². The van der Waals surface area contributed by atoms with Crippen molar-refractivity contribution in [2.24, 2.45) is 5.92 Å².